The monoisotopic (exact) mass is 294 g/mol. The van der Waals surface area contributed by atoms with E-state index in [2.05, 4.69) is 5.32 Å². The average Bonchev–Trinajstić information content (AvgIpc) is 2.48. The lowest BCUT2D eigenvalue weighted by molar-refractivity contribution is -0.896. The molecule has 0 aromatic heterocycles. The van der Waals surface area contributed by atoms with Gasteiger partial charge in [0.05, 0.1) is 36.9 Å². The van der Waals surface area contributed by atoms with Crippen molar-refractivity contribution in [1.82, 2.24) is 0 Å². The molecule has 1 saturated heterocycles. The summed E-state index contributed by atoms with van der Waals surface area (Å²) in [6, 6.07) is 4.16. The number of hydrogen-bond donors (Lipinski definition) is 2. The van der Waals surface area contributed by atoms with Crippen molar-refractivity contribution in [2.24, 2.45) is 0 Å². The molecule has 114 valence electrons. The Morgan fingerprint density at radius 1 is 1.38 bits per heavy atom. The SMILES string of the molecule is COc1cc([N+](=O)[O-])ccc1NC(=O)C[NH+]1CCCCC1. The Labute approximate surface area is 123 Å². The Kier molecular flexibility index (Phi) is 5.10. The van der Waals surface area contributed by atoms with Crippen LogP contribution in [-0.4, -0.2) is 37.6 Å². The second kappa shape index (κ2) is 7.03. The Bertz CT molecular complexity index is 527. The minimum absolute atomic E-state index is 0.0634. The molecule has 0 unspecified atom stereocenters. The lowest BCUT2D eigenvalue weighted by Crippen LogP contribution is -3.13. The normalized spacial score (nSPS) is 15.5. The number of hydrogen-bond acceptors (Lipinski definition) is 4. The van der Waals surface area contributed by atoms with Crippen molar-refractivity contribution in [3.05, 3.63) is 28.3 Å². The summed E-state index contributed by atoms with van der Waals surface area (Å²) in [7, 11) is 1.42. The van der Waals surface area contributed by atoms with Crippen LogP contribution >= 0.6 is 0 Å². The molecule has 7 nitrogen and oxygen atoms in total. The minimum Gasteiger partial charge on any atom is -0.494 e. The summed E-state index contributed by atoms with van der Waals surface area (Å²) in [5.41, 5.74) is 0.399. The molecule has 0 aliphatic carbocycles. The zero-order chi connectivity index (χ0) is 15.2. The van der Waals surface area contributed by atoms with Crippen molar-refractivity contribution >= 4 is 17.3 Å². The van der Waals surface area contributed by atoms with Crippen LogP contribution in [-0.2, 0) is 4.79 Å². The van der Waals surface area contributed by atoms with Gasteiger partial charge in [0.25, 0.3) is 11.6 Å². The fourth-order valence-corrected chi connectivity index (χ4v) is 2.55. The summed E-state index contributed by atoms with van der Waals surface area (Å²) < 4.78 is 5.10. The average molecular weight is 294 g/mol. The summed E-state index contributed by atoms with van der Waals surface area (Å²) in [6.45, 7) is 2.45. The number of quaternary nitrogens is 1. The van der Waals surface area contributed by atoms with Gasteiger partial charge >= 0.3 is 0 Å². The van der Waals surface area contributed by atoms with Crippen LogP contribution in [0.25, 0.3) is 0 Å². The first-order chi connectivity index (χ1) is 10.1. The van der Waals surface area contributed by atoms with E-state index in [1.165, 1.54) is 36.6 Å². The zero-order valence-electron chi connectivity index (χ0n) is 12.1. The highest BCUT2D eigenvalue weighted by Crippen LogP contribution is 2.28. The summed E-state index contributed by atoms with van der Waals surface area (Å²) in [5, 5.41) is 13.5. The number of anilines is 1. The van der Waals surface area contributed by atoms with E-state index in [9.17, 15) is 14.9 Å². The number of nitrogens with one attached hydrogen (secondary N) is 2. The lowest BCUT2D eigenvalue weighted by atomic mass is 10.1. The van der Waals surface area contributed by atoms with Crippen molar-refractivity contribution in [2.75, 3.05) is 32.1 Å². The molecule has 0 saturated carbocycles. The molecule has 0 spiro atoms. The first-order valence-electron chi connectivity index (χ1n) is 7.06. The lowest BCUT2D eigenvalue weighted by Gasteiger charge is -2.22. The van der Waals surface area contributed by atoms with E-state index < -0.39 is 4.92 Å². The van der Waals surface area contributed by atoms with Gasteiger partial charge in [-0.25, -0.2) is 0 Å². The highest BCUT2D eigenvalue weighted by atomic mass is 16.6. The first-order valence-corrected chi connectivity index (χ1v) is 7.06. The van der Waals surface area contributed by atoms with Crippen molar-refractivity contribution in [1.29, 1.82) is 0 Å². The number of non-ortho nitro benzene ring substituents is 1. The molecule has 1 aromatic carbocycles. The molecule has 0 atom stereocenters. The van der Waals surface area contributed by atoms with Crippen molar-refractivity contribution in [2.45, 2.75) is 19.3 Å². The second-order valence-electron chi connectivity index (χ2n) is 5.18. The molecule has 2 rings (SSSR count). The quantitative estimate of drug-likeness (QED) is 0.615. The van der Waals surface area contributed by atoms with E-state index in [-0.39, 0.29) is 11.6 Å². The van der Waals surface area contributed by atoms with Gasteiger partial charge in [0.2, 0.25) is 0 Å². The van der Waals surface area contributed by atoms with Crippen molar-refractivity contribution < 1.29 is 19.4 Å². The zero-order valence-corrected chi connectivity index (χ0v) is 12.1. The number of methoxy groups -OCH3 is 1. The molecular weight excluding hydrogens is 274 g/mol. The van der Waals surface area contributed by atoms with Gasteiger partial charge in [-0.3, -0.25) is 14.9 Å². The number of benzene rings is 1. The minimum atomic E-state index is -0.494. The molecule has 1 aliphatic rings. The maximum absolute atomic E-state index is 12.0. The maximum Gasteiger partial charge on any atom is 0.279 e. The summed E-state index contributed by atoms with van der Waals surface area (Å²) in [6.07, 6.45) is 3.55. The molecule has 1 fully saturated rings. The van der Waals surface area contributed by atoms with Gasteiger partial charge < -0.3 is 15.0 Å². The summed E-state index contributed by atoms with van der Waals surface area (Å²) in [5.74, 6) is 0.199. The molecule has 1 aliphatic heterocycles. The van der Waals surface area contributed by atoms with Crippen LogP contribution in [0.4, 0.5) is 11.4 Å². The molecule has 21 heavy (non-hydrogen) atoms. The predicted molar refractivity (Wildman–Crippen MR) is 77.7 cm³/mol. The van der Waals surface area contributed by atoms with Gasteiger partial charge in [-0.05, 0) is 25.3 Å². The van der Waals surface area contributed by atoms with E-state index >= 15 is 0 Å². The highest BCUT2D eigenvalue weighted by Gasteiger charge is 2.19. The van der Waals surface area contributed by atoms with Crippen LogP contribution in [0.3, 0.4) is 0 Å². The fourth-order valence-electron chi connectivity index (χ4n) is 2.55. The summed E-state index contributed by atoms with van der Waals surface area (Å²) >= 11 is 0. The topological polar surface area (TPSA) is 85.9 Å². The number of nitrogens with zero attached hydrogens (tertiary/aromatic N) is 1. The van der Waals surface area contributed by atoms with Crippen LogP contribution in [0, 0.1) is 10.1 Å². The standard InChI is InChI=1S/C14H19N3O4/c1-21-13-9-11(17(19)20)5-6-12(13)15-14(18)10-16-7-3-2-4-8-16/h5-6,9H,2-4,7-8,10H2,1H3,(H,15,18)/p+1. The molecule has 0 radical (unpaired) electrons. The second-order valence-corrected chi connectivity index (χ2v) is 5.18. The molecular formula is C14H20N3O4+. The number of likely N-dealkylation sites (tertiary alicyclic amines) is 1. The number of rotatable bonds is 5. The Hall–Kier alpha value is -2.15. The molecule has 1 aromatic rings. The van der Waals surface area contributed by atoms with Crippen molar-refractivity contribution in [3.63, 3.8) is 0 Å². The third-order valence-electron chi connectivity index (χ3n) is 3.64. The van der Waals surface area contributed by atoms with Gasteiger partial charge in [-0.15, -0.1) is 0 Å². The summed E-state index contributed by atoms with van der Waals surface area (Å²) in [4.78, 5) is 23.6. The first kappa shape index (κ1) is 15.2. The molecule has 2 N–H and O–H groups in total. The van der Waals surface area contributed by atoms with Gasteiger partial charge in [0.1, 0.15) is 5.75 Å². The van der Waals surface area contributed by atoms with E-state index in [1.54, 1.807) is 0 Å². The predicted octanol–water partition coefficient (Wildman–Crippen LogP) is 0.611. The smallest absolute Gasteiger partial charge is 0.279 e. The molecule has 0 bridgehead atoms. The highest BCUT2D eigenvalue weighted by molar-refractivity contribution is 5.93. The number of ether oxygens (including phenoxy) is 1. The van der Waals surface area contributed by atoms with Crippen LogP contribution in [0.15, 0.2) is 18.2 Å². The van der Waals surface area contributed by atoms with Crippen molar-refractivity contribution in [3.8, 4) is 5.75 Å². The molecule has 7 heteroatoms. The molecule has 1 amide bonds. The molecule has 1 heterocycles. The Morgan fingerprint density at radius 2 is 2.10 bits per heavy atom. The number of carbonyl (C=O) groups is 1. The third kappa shape index (κ3) is 4.16. The van der Waals surface area contributed by atoms with Gasteiger partial charge in [-0.1, -0.05) is 0 Å². The van der Waals surface area contributed by atoms with Gasteiger partial charge in [0, 0.05) is 6.07 Å². The number of nitro groups is 1. The van der Waals surface area contributed by atoms with E-state index in [0.29, 0.717) is 18.0 Å². The number of amides is 1. The third-order valence-corrected chi connectivity index (χ3v) is 3.64. The van der Waals surface area contributed by atoms with Gasteiger partial charge in [0.15, 0.2) is 6.54 Å². The Morgan fingerprint density at radius 3 is 2.71 bits per heavy atom. The van der Waals surface area contributed by atoms with Crippen LogP contribution in [0.1, 0.15) is 19.3 Å². The number of carbonyl (C=O) groups excluding carboxylic acids is 1. The van der Waals surface area contributed by atoms with E-state index in [0.717, 1.165) is 25.9 Å². The van der Waals surface area contributed by atoms with Crippen LogP contribution < -0.4 is 15.0 Å². The number of piperidine rings is 1. The Balaban J connectivity index is 2.00. The fraction of sp³-hybridized carbons (Fsp3) is 0.500. The van der Waals surface area contributed by atoms with E-state index in [4.69, 9.17) is 4.74 Å². The maximum atomic E-state index is 12.0. The van der Waals surface area contributed by atoms with E-state index in [1.807, 2.05) is 0 Å². The van der Waals surface area contributed by atoms with Gasteiger partial charge in [-0.2, -0.15) is 0 Å². The largest absolute Gasteiger partial charge is 0.494 e. The number of nitro benzene ring substituents is 1. The van der Waals surface area contributed by atoms with Crippen LogP contribution in [0.2, 0.25) is 0 Å². The van der Waals surface area contributed by atoms with Crippen LogP contribution in [0.5, 0.6) is 5.75 Å².